The van der Waals surface area contributed by atoms with Crippen LogP contribution in [0.15, 0.2) is 12.5 Å². The van der Waals surface area contributed by atoms with Crippen molar-refractivity contribution in [3.63, 3.8) is 0 Å². The van der Waals surface area contributed by atoms with Gasteiger partial charge in [-0.15, -0.1) is 0 Å². The van der Waals surface area contributed by atoms with E-state index in [4.69, 9.17) is 0 Å². The molecule has 0 fully saturated rings. The molecular formula is C14H19N5O. The monoisotopic (exact) mass is 273 g/mol. The standard InChI is InChI=1S/C14H19N5O/c20-14(16-7-6-10-8-15-9-17-10)13-11-4-2-1-3-5-12(11)18-19-13/h8-9H,1-7H2,(H,15,17)(H,16,20)(H,18,19). The van der Waals surface area contributed by atoms with Crippen LogP contribution < -0.4 is 5.32 Å². The Balaban J connectivity index is 1.61. The lowest BCUT2D eigenvalue weighted by Gasteiger charge is -2.04. The molecule has 0 radical (unpaired) electrons. The Morgan fingerprint density at radius 1 is 1.30 bits per heavy atom. The van der Waals surface area contributed by atoms with Gasteiger partial charge < -0.3 is 10.3 Å². The fourth-order valence-electron chi connectivity index (χ4n) is 2.66. The van der Waals surface area contributed by atoms with E-state index in [1.807, 2.05) is 0 Å². The normalized spacial score (nSPS) is 14.6. The summed E-state index contributed by atoms with van der Waals surface area (Å²) in [4.78, 5) is 19.2. The van der Waals surface area contributed by atoms with Crippen molar-refractivity contribution < 1.29 is 4.79 Å². The summed E-state index contributed by atoms with van der Waals surface area (Å²) in [5.41, 5.74) is 3.85. The lowest BCUT2D eigenvalue weighted by Crippen LogP contribution is -2.27. The molecule has 106 valence electrons. The van der Waals surface area contributed by atoms with Crippen LogP contribution in [0.4, 0.5) is 0 Å². The Morgan fingerprint density at radius 2 is 2.20 bits per heavy atom. The van der Waals surface area contributed by atoms with E-state index in [-0.39, 0.29) is 5.91 Å². The Bertz CT molecular complexity index is 572. The molecule has 2 aromatic rings. The Morgan fingerprint density at radius 3 is 3.05 bits per heavy atom. The highest BCUT2D eigenvalue weighted by atomic mass is 16.1. The van der Waals surface area contributed by atoms with Crippen LogP contribution in [0.5, 0.6) is 0 Å². The third-order valence-corrected chi connectivity index (χ3v) is 3.76. The van der Waals surface area contributed by atoms with Gasteiger partial charge in [0.25, 0.3) is 5.91 Å². The van der Waals surface area contributed by atoms with Gasteiger partial charge in [-0.25, -0.2) is 4.98 Å². The molecule has 1 amide bonds. The maximum atomic E-state index is 12.2. The summed E-state index contributed by atoms with van der Waals surface area (Å²) in [7, 11) is 0. The first-order chi connectivity index (χ1) is 9.84. The van der Waals surface area contributed by atoms with E-state index in [9.17, 15) is 4.79 Å². The van der Waals surface area contributed by atoms with Crippen molar-refractivity contribution in [2.24, 2.45) is 0 Å². The zero-order valence-electron chi connectivity index (χ0n) is 11.4. The molecule has 6 nitrogen and oxygen atoms in total. The summed E-state index contributed by atoms with van der Waals surface area (Å²) in [5, 5.41) is 10.1. The first-order valence-electron chi connectivity index (χ1n) is 7.16. The van der Waals surface area contributed by atoms with Crippen molar-refractivity contribution in [1.82, 2.24) is 25.5 Å². The summed E-state index contributed by atoms with van der Waals surface area (Å²) in [6.45, 7) is 0.586. The Kier molecular flexibility index (Phi) is 3.80. The predicted octanol–water partition coefficient (Wildman–Crippen LogP) is 1.37. The second-order valence-electron chi connectivity index (χ2n) is 5.17. The minimum absolute atomic E-state index is 0.0797. The van der Waals surface area contributed by atoms with Crippen LogP contribution in [-0.2, 0) is 19.3 Å². The van der Waals surface area contributed by atoms with E-state index in [1.165, 1.54) is 12.8 Å². The van der Waals surface area contributed by atoms with E-state index < -0.39 is 0 Å². The maximum Gasteiger partial charge on any atom is 0.272 e. The van der Waals surface area contributed by atoms with Gasteiger partial charge in [0.15, 0.2) is 5.69 Å². The molecule has 0 saturated heterocycles. The number of hydrogen-bond acceptors (Lipinski definition) is 3. The molecule has 0 aliphatic heterocycles. The maximum absolute atomic E-state index is 12.2. The predicted molar refractivity (Wildman–Crippen MR) is 74.5 cm³/mol. The summed E-state index contributed by atoms with van der Waals surface area (Å²) in [6, 6.07) is 0. The minimum Gasteiger partial charge on any atom is -0.350 e. The molecule has 0 aromatic carbocycles. The number of nitrogens with zero attached hydrogens (tertiary/aromatic N) is 2. The highest BCUT2D eigenvalue weighted by Crippen LogP contribution is 2.21. The first-order valence-corrected chi connectivity index (χ1v) is 7.16. The van der Waals surface area contributed by atoms with Gasteiger partial charge in [-0.3, -0.25) is 9.89 Å². The zero-order chi connectivity index (χ0) is 13.8. The fourth-order valence-corrected chi connectivity index (χ4v) is 2.66. The first kappa shape index (κ1) is 12.9. The zero-order valence-corrected chi connectivity index (χ0v) is 11.4. The number of H-pyrrole nitrogens is 2. The molecule has 0 unspecified atom stereocenters. The van der Waals surface area contributed by atoms with E-state index in [2.05, 4.69) is 25.5 Å². The fraction of sp³-hybridized carbons (Fsp3) is 0.500. The average Bonchev–Trinajstić information content (AvgIpc) is 3.04. The van der Waals surface area contributed by atoms with Gasteiger partial charge in [0, 0.05) is 36.1 Å². The lowest BCUT2D eigenvalue weighted by atomic mass is 10.1. The second-order valence-corrected chi connectivity index (χ2v) is 5.17. The third kappa shape index (κ3) is 2.74. The summed E-state index contributed by atoms with van der Waals surface area (Å²) >= 11 is 0. The van der Waals surface area contributed by atoms with E-state index in [1.54, 1.807) is 12.5 Å². The van der Waals surface area contributed by atoms with Crippen LogP contribution in [-0.4, -0.2) is 32.6 Å². The van der Waals surface area contributed by atoms with Gasteiger partial charge in [-0.1, -0.05) is 6.42 Å². The molecule has 6 heteroatoms. The van der Waals surface area contributed by atoms with Crippen molar-refractivity contribution >= 4 is 5.91 Å². The van der Waals surface area contributed by atoms with Crippen molar-refractivity contribution in [2.75, 3.05) is 6.54 Å². The number of imidazole rings is 1. The molecule has 0 saturated carbocycles. The molecule has 0 bridgehead atoms. The summed E-state index contributed by atoms with van der Waals surface area (Å²) in [5.74, 6) is -0.0797. The molecule has 0 atom stereocenters. The summed E-state index contributed by atoms with van der Waals surface area (Å²) in [6.07, 6.45) is 9.66. The molecule has 1 aliphatic rings. The van der Waals surface area contributed by atoms with E-state index in [0.29, 0.717) is 12.2 Å². The molecule has 3 N–H and O–H groups in total. The van der Waals surface area contributed by atoms with E-state index in [0.717, 1.165) is 42.6 Å². The third-order valence-electron chi connectivity index (χ3n) is 3.76. The highest BCUT2D eigenvalue weighted by molar-refractivity contribution is 5.94. The number of nitrogens with one attached hydrogen (secondary N) is 3. The number of hydrogen-bond donors (Lipinski definition) is 3. The van der Waals surface area contributed by atoms with Gasteiger partial charge in [-0.05, 0) is 25.7 Å². The number of carbonyl (C=O) groups is 1. The number of aromatic amines is 2. The largest absolute Gasteiger partial charge is 0.350 e. The van der Waals surface area contributed by atoms with Gasteiger partial charge in [0.2, 0.25) is 0 Å². The Labute approximate surface area is 117 Å². The van der Waals surface area contributed by atoms with Crippen LogP contribution in [0.3, 0.4) is 0 Å². The molecular weight excluding hydrogens is 254 g/mol. The quantitative estimate of drug-likeness (QED) is 0.735. The topological polar surface area (TPSA) is 86.5 Å². The molecule has 20 heavy (non-hydrogen) atoms. The number of fused-ring (bicyclic) bond motifs is 1. The molecule has 1 aliphatic carbocycles. The summed E-state index contributed by atoms with van der Waals surface area (Å²) < 4.78 is 0. The smallest absolute Gasteiger partial charge is 0.272 e. The molecule has 2 heterocycles. The van der Waals surface area contributed by atoms with Crippen LogP contribution >= 0.6 is 0 Å². The molecule has 2 aromatic heterocycles. The Hall–Kier alpha value is -2.11. The van der Waals surface area contributed by atoms with Crippen LogP contribution in [0.25, 0.3) is 0 Å². The minimum atomic E-state index is -0.0797. The van der Waals surface area contributed by atoms with Crippen LogP contribution in [0, 0.1) is 0 Å². The molecule has 0 spiro atoms. The van der Waals surface area contributed by atoms with Gasteiger partial charge in [0.05, 0.1) is 6.33 Å². The molecule has 3 rings (SSSR count). The van der Waals surface area contributed by atoms with Crippen molar-refractivity contribution in [2.45, 2.75) is 38.5 Å². The number of aromatic nitrogens is 4. The number of aryl methyl sites for hydroxylation is 1. The number of amides is 1. The van der Waals surface area contributed by atoms with Crippen molar-refractivity contribution in [1.29, 1.82) is 0 Å². The SMILES string of the molecule is O=C(NCCc1cnc[nH]1)c1n[nH]c2c1CCCCC2. The van der Waals surface area contributed by atoms with Crippen LogP contribution in [0.2, 0.25) is 0 Å². The van der Waals surface area contributed by atoms with Crippen molar-refractivity contribution in [3.05, 3.63) is 35.2 Å². The average molecular weight is 273 g/mol. The van der Waals surface area contributed by atoms with Crippen molar-refractivity contribution in [3.8, 4) is 0 Å². The van der Waals surface area contributed by atoms with Gasteiger partial charge in [-0.2, -0.15) is 5.10 Å². The number of carbonyl (C=O) groups excluding carboxylic acids is 1. The highest BCUT2D eigenvalue weighted by Gasteiger charge is 2.20. The van der Waals surface area contributed by atoms with Gasteiger partial charge >= 0.3 is 0 Å². The number of rotatable bonds is 4. The lowest BCUT2D eigenvalue weighted by molar-refractivity contribution is 0.0948. The van der Waals surface area contributed by atoms with Gasteiger partial charge in [0.1, 0.15) is 0 Å². The van der Waals surface area contributed by atoms with Crippen LogP contribution in [0.1, 0.15) is 46.7 Å². The second kappa shape index (κ2) is 5.90. The van der Waals surface area contributed by atoms with E-state index >= 15 is 0 Å².